The average Bonchev–Trinajstić information content (AvgIpc) is 3.23. The number of hydrogen-bond acceptors (Lipinski definition) is 14. The van der Waals surface area contributed by atoms with Crippen molar-refractivity contribution in [1.82, 2.24) is 15.5 Å². The van der Waals surface area contributed by atoms with Crippen molar-refractivity contribution in [3.8, 4) is 0 Å². The Morgan fingerprint density at radius 3 is 1.45 bits per heavy atom. The van der Waals surface area contributed by atoms with Crippen molar-refractivity contribution in [2.75, 3.05) is 79.0 Å². The summed E-state index contributed by atoms with van der Waals surface area (Å²) in [4.78, 5) is 72.6. The fraction of sp³-hybridized carbons (Fsp3) is 0.435. The maximum Gasteiger partial charge on any atom is 0.407 e. The lowest BCUT2D eigenvalue weighted by molar-refractivity contribution is 0.0310. The highest BCUT2D eigenvalue weighted by molar-refractivity contribution is 6.38. The van der Waals surface area contributed by atoms with Gasteiger partial charge < -0.3 is 49.5 Å². The first-order chi connectivity index (χ1) is 30.8. The van der Waals surface area contributed by atoms with Crippen LogP contribution in [0, 0.1) is 0 Å². The van der Waals surface area contributed by atoms with Gasteiger partial charge in [0.05, 0.1) is 70.5 Å². The Balaban J connectivity index is 0.000000235. The Labute approximate surface area is 387 Å². The van der Waals surface area contributed by atoms with Gasteiger partial charge in [0.1, 0.15) is 11.2 Å². The van der Waals surface area contributed by atoms with E-state index in [4.69, 9.17) is 57.4 Å². The first-order valence-electron chi connectivity index (χ1n) is 20.8. The van der Waals surface area contributed by atoms with Gasteiger partial charge in [-0.25, -0.2) is 19.2 Å². The molecule has 4 aromatic rings. The van der Waals surface area contributed by atoms with Crippen LogP contribution >= 0.6 is 23.2 Å². The number of halogens is 2. The van der Waals surface area contributed by atoms with Crippen LogP contribution < -0.4 is 16.4 Å². The molecule has 6 rings (SSSR count). The number of hydrogen-bond donors (Lipinski definition) is 3. The maximum atomic E-state index is 12.8. The Bertz CT molecular complexity index is 2290. The third-order valence-electron chi connectivity index (χ3n) is 8.85. The van der Waals surface area contributed by atoms with Crippen LogP contribution in [0.5, 0.6) is 0 Å². The number of alkyl carbamates (subject to hydrolysis) is 2. The third kappa shape index (κ3) is 15.9. The topological polar surface area (TPSA) is 220 Å². The molecule has 0 saturated heterocycles. The van der Waals surface area contributed by atoms with Gasteiger partial charge in [0.2, 0.25) is 0 Å². The molecular formula is C46H56Cl2N4O13. The highest BCUT2D eigenvalue weighted by Gasteiger charge is 2.33. The summed E-state index contributed by atoms with van der Waals surface area (Å²) < 4.78 is 36.0. The van der Waals surface area contributed by atoms with E-state index in [1.165, 1.54) is 4.90 Å². The zero-order chi connectivity index (χ0) is 47.7. The predicted octanol–water partition coefficient (Wildman–Crippen LogP) is 6.95. The standard InChI is InChI=1S/C23H27ClN2O6.C12H5ClO3.C11H24N2O4/c1-23(2,3)32-22(29)25-9-11-30-13-14-31-12-10-26-20(27)16-6-4-5-15-18(24)8-7-17(19(15)16)21(26)28;13-9-5-4-8-10-6(9)2-1-3-7(10)11(14)16-12(8)15;1-11(2,3)17-10(14)13-5-7-16-9-8-15-6-4-12/h4-8H,9-14H2,1-3H3,(H,25,29);1-5H;4-9,12H2,1-3H3,(H,13,14). The fourth-order valence-electron chi connectivity index (χ4n) is 6.18. The first-order valence-corrected chi connectivity index (χ1v) is 21.6. The Morgan fingerprint density at radius 1 is 0.569 bits per heavy atom. The van der Waals surface area contributed by atoms with Crippen molar-refractivity contribution in [2.45, 2.75) is 52.7 Å². The molecule has 17 nitrogen and oxygen atoms in total. The van der Waals surface area contributed by atoms with E-state index in [1.807, 2.05) is 20.8 Å². The molecule has 0 bridgehead atoms. The lowest BCUT2D eigenvalue weighted by Crippen LogP contribution is -2.42. The molecule has 0 aliphatic carbocycles. The molecule has 2 aliphatic rings. The molecule has 65 heavy (non-hydrogen) atoms. The van der Waals surface area contributed by atoms with E-state index in [0.717, 1.165) is 0 Å². The summed E-state index contributed by atoms with van der Waals surface area (Å²) in [7, 11) is 0. The Hall–Kier alpha value is -5.40. The quantitative estimate of drug-likeness (QED) is 0.0321. The summed E-state index contributed by atoms with van der Waals surface area (Å²) in [5.74, 6) is -1.96. The minimum absolute atomic E-state index is 0.135. The normalized spacial score (nSPS) is 13.1. The molecule has 4 amide bonds. The number of carbonyl (C=O) groups excluding carboxylic acids is 6. The van der Waals surface area contributed by atoms with Crippen molar-refractivity contribution in [1.29, 1.82) is 0 Å². The van der Waals surface area contributed by atoms with E-state index in [0.29, 0.717) is 120 Å². The van der Waals surface area contributed by atoms with Gasteiger partial charge in [0.25, 0.3) is 11.8 Å². The van der Waals surface area contributed by atoms with E-state index in [2.05, 4.69) is 15.4 Å². The minimum Gasteiger partial charge on any atom is -0.444 e. The summed E-state index contributed by atoms with van der Waals surface area (Å²) in [5, 5.41) is 8.78. The number of carbonyl (C=O) groups is 6. The highest BCUT2D eigenvalue weighted by atomic mass is 35.5. The SMILES string of the molecule is CC(C)(C)OC(=O)NCCOCCOCCN.CC(C)(C)OC(=O)NCCOCCOCCN1C(=O)c2cccc3c(Cl)ccc(c23)C1=O.O=C1OC(=O)c2ccc(Cl)c3cccc1c23. The van der Waals surface area contributed by atoms with E-state index < -0.39 is 35.3 Å². The van der Waals surface area contributed by atoms with Gasteiger partial charge in [0.15, 0.2) is 0 Å². The molecule has 0 spiro atoms. The lowest BCUT2D eigenvalue weighted by Gasteiger charge is -2.27. The monoisotopic (exact) mass is 942 g/mol. The van der Waals surface area contributed by atoms with Gasteiger partial charge in [-0.1, -0.05) is 47.5 Å². The van der Waals surface area contributed by atoms with Gasteiger partial charge in [-0.15, -0.1) is 0 Å². The number of esters is 2. The van der Waals surface area contributed by atoms with Crippen molar-refractivity contribution in [3.05, 3.63) is 93.0 Å². The molecule has 0 saturated carbocycles. The second-order valence-corrected chi connectivity index (χ2v) is 17.0. The van der Waals surface area contributed by atoms with E-state index >= 15 is 0 Å². The molecule has 4 N–H and O–H groups in total. The second-order valence-electron chi connectivity index (χ2n) is 16.2. The van der Waals surface area contributed by atoms with Crippen LogP contribution in [0.25, 0.3) is 21.5 Å². The first kappa shape index (κ1) is 52.2. The summed E-state index contributed by atoms with van der Waals surface area (Å²) in [5.41, 5.74) is 5.92. The summed E-state index contributed by atoms with van der Waals surface area (Å²) >= 11 is 12.2. The fourth-order valence-corrected chi connectivity index (χ4v) is 6.62. The molecule has 352 valence electrons. The molecular weight excluding hydrogens is 887 g/mol. The van der Waals surface area contributed by atoms with Gasteiger partial charge in [-0.3, -0.25) is 14.5 Å². The Kier molecular flexibility index (Phi) is 19.9. The van der Waals surface area contributed by atoms with Gasteiger partial charge in [-0.05, 0) is 77.9 Å². The zero-order valence-electron chi connectivity index (χ0n) is 37.3. The zero-order valence-corrected chi connectivity index (χ0v) is 38.9. The van der Waals surface area contributed by atoms with Crippen LogP contribution in [0.4, 0.5) is 9.59 Å². The van der Waals surface area contributed by atoms with Crippen LogP contribution in [-0.4, -0.2) is 131 Å². The summed E-state index contributed by atoms with van der Waals surface area (Å²) in [6, 6.07) is 16.9. The number of rotatable bonds is 17. The van der Waals surface area contributed by atoms with Crippen LogP contribution in [0.2, 0.25) is 10.0 Å². The van der Waals surface area contributed by atoms with Gasteiger partial charge >= 0.3 is 24.1 Å². The molecule has 0 aromatic heterocycles. The number of amides is 4. The van der Waals surface area contributed by atoms with Crippen LogP contribution in [0.3, 0.4) is 0 Å². The predicted molar refractivity (Wildman–Crippen MR) is 244 cm³/mol. The molecule has 19 heteroatoms. The van der Waals surface area contributed by atoms with E-state index in [1.54, 1.807) is 81.4 Å². The van der Waals surface area contributed by atoms with Gasteiger partial charge in [0, 0.05) is 62.4 Å². The number of cyclic esters (lactones) is 2. The average molecular weight is 944 g/mol. The summed E-state index contributed by atoms with van der Waals surface area (Å²) in [6.45, 7) is 15.3. The molecule has 0 atom stereocenters. The van der Waals surface area contributed by atoms with E-state index in [-0.39, 0.29) is 25.0 Å². The molecule has 0 radical (unpaired) electrons. The smallest absolute Gasteiger partial charge is 0.407 e. The molecule has 0 fully saturated rings. The third-order valence-corrected chi connectivity index (χ3v) is 9.51. The number of imide groups is 1. The van der Waals surface area contributed by atoms with E-state index in [9.17, 15) is 28.8 Å². The van der Waals surface area contributed by atoms with Crippen molar-refractivity contribution < 1.29 is 61.9 Å². The number of nitrogens with zero attached hydrogens (tertiary/aromatic N) is 1. The molecule has 4 aromatic carbocycles. The molecule has 0 unspecified atom stereocenters. The minimum atomic E-state index is -0.620. The number of nitrogens with two attached hydrogens (primary N) is 1. The van der Waals surface area contributed by atoms with Crippen LogP contribution in [0.15, 0.2) is 60.7 Å². The lowest BCUT2D eigenvalue weighted by atomic mass is 9.94. The van der Waals surface area contributed by atoms with Gasteiger partial charge in [-0.2, -0.15) is 0 Å². The number of nitrogens with one attached hydrogen (secondary N) is 2. The second kappa shape index (κ2) is 24.8. The largest absolute Gasteiger partial charge is 0.444 e. The van der Waals surface area contributed by atoms with Crippen molar-refractivity contribution in [2.24, 2.45) is 5.73 Å². The number of benzene rings is 4. The maximum absolute atomic E-state index is 12.8. The molecule has 2 heterocycles. The van der Waals surface area contributed by atoms with Crippen LogP contribution in [0.1, 0.15) is 83.0 Å². The van der Waals surface area contributed by atoms with Crippen molar-refractivity contribution >= 4 is 80.7 Å². The Morgan fingerprint density at radius 2 is 0.969 bits per heavy atom. The molecule has 2 aliphatic heterocycles. The summed E-state index contributed by atoms with van der Waals surface area (Å²) in [6.07, 6.45) is -0.923. The van der Waals surface area contributed by atoms with Crippen LogP contribution in [-0.2, 0) is 33.2 Å². The van der Waals surface area contributed by atoms with Crippen molar-refractivity contribution in [3.63, 3.8) is 0 Å². The highest BCUT2D eigenvalue weighted by Crippen LogP contribution is 2.35. The number of ether oxygens (including phenoxy) is 7.